The number of benzene rings is 2. The van der Waals surface area contributed by atoms with Crippen molar-refractivity contribution in [2.75, 3.05) is 6.54 Å². The quantitative estimate of drug-likeness (QED) is 0.335. The van der Waals surface area contributed by atoms with Gasteiger partial charge in [-0.2, -0.15) is 0 Å². The lowest BCUT2D eigenvalue weighted by Crippen LogP contribution is -2.31. The standard InChI is InChI=1S/C21H19BrClNO2S2/c1-13(2)11-24-20(25)19(28-21(24)27)10-15-9-16(22)5-8-18(15)26-12-14-3-6-17(23)7-4-14/h3-10,13H,11-12H2,1-2H3/b19-10-. The first-order chi connectivity index (χ1) is 13.3. The topological polar surface area (TPSA) is 29.5 Å². The second-order valence-corrected chi connectivity index (χ2v) is 9.81. The maximum Gasteiger partial charge on any atom is 0.266 e. The van der Waals surface area contributed by atoms with Crippen molar-refractivity contribution in [2.45, 2.75) is 20.5 Å². The second-order valence-electron chi connectivity index (χ2n) is 6.78. The third-order valence-corrected chi connectivity index (χ3v) is 6.11. The van der Waals surface area contributed by atoms with Gasteiger partial charge in [-0.1, -0.05) is 77.5 Å². The third kappa shape index (κ3) is 5.38. The molecule has 0 spiro atoms. The van der Waals surface area contributed by atoms with Gasteiger partial charge >= 0.3 is 0 Å². The summed E-state index contributed by atoms with van der Waals surface area (Å²) in [6.45, 7) is 5.17. The van der Waals surface area contributed by atoms with Gasteiger partial charge < -0.3 is 4.74 Å². The fraction of sp³-hybridized carbons (Fsp3) is 0.238. The van der Waals surface area contributed by atoms with Crippen molar-refractivity contribution in [3.63, 3.8) is 0 Å². The van der Waals surface area contributed by atoms with E-state index in [0.29, 0.717) is 39.1 Å². The first-order valence-electron chi connectivity index (χ1n) is 8.75. The van der Waals surface area contributed by atoms with Crippen LogP contribution in [0.2, 0.25) is 5.02 Å². The Labute approximate surface area is 188 Å². The fourth-order valence-corrected chi connectivity index (χ4v) is 4.44. The highest BCUT2D eigenvalue weighted by atomic mass is 79.9. The number of ether oxygens (including phenoxy) is 1. The average Bonchev–Trinajstić information content (AvgIpc) is 2.89. The summed E-state index contributed by atoms with van der Waals surface area (Å²) in [5.74, 6) is 1.01. The van der Waals surface area contributed by atoms with Gasteiger partial charge in [-0.3, -0.25) is 9.69 Å². The molecule has 0 saturated carbocycles. The van der Waals surface area contributed by atoms with Crippen LogP contribution in [0.4, 0.5) is 0 Å². The Morgan fingerprint density at radius 2 is 1.96 bits per heavy atom. The lowest BCUT2D eigenvalue weighted by molar-refractivity contribution is -0.122. The van der Waals surface area contributed by atoms with E-state index in [-0.39, 0.29) is 5.91 Å². The molecule has 2 aromatic rings. The van der Waals surface area contributed by atoms with E-state index in [1.807, 2.05) is 48.5 Å². The minimum absolute atomic E-state index is 0.0488. The first-order valence-corrected chi connectivity index (χ1v) is 11.1. The number of hydrogen-bond acceptors (Lipinski definition) is 4. The molecule has 1 aliphatic rings. The van der Waals surface area contributed by atoms with Gasteiger partial charge in [0.05, 0.1) is 4.91 Å². The largest absolute Gasteiger partial charge is 0.488 e. The van der Waals surface area contributed by atoms with E-state index in [4.69, 9.17) is 28.6 Å². The Morgan fingerprint density at radius 1 is 1.25 bits per heavy atom. The molecule has 7 heteroatoms. The number of rotatable bonds is 6. The summed E-state index contributed by atoms with van der Waals surface area (Å²) in [6.07, 6.45) is 1.85. The van der Waals surface area contributed by atoms with Crippen molar-refractivity contribution in [3.05, 3.63) is 68.0 Å². The van der Waals surface area contributed by atoms with Crippen LogP contribution in [0.5, 0.6) is 5.75 Å². The van der Waals surface area contributed by atoms with Crippen molar-refractivity contribution in [1.82, 2.24) is 4.90 Å². The number of carbonyl (C=O) groups excluding carboxylic acids is 1. The number of amides is 1. The summed E-state index contributed by atoms with van der Waals surface area (Å²) in [5.41, 5.74) is 1.84. The molecule has 1 heterocycles. The lowest BCUT2D eigenvalue weighted by atomic mass is 10.1. The van der Waals surface area contributed by atoms with Crippen LogP contribution in [-0.4, -0.2) is 21.7 Å². The predicted octanol–water partition coefficient (Wildman–Crippen LogP) is 6.54. The van der Waals surface area contributed by atoms with Gasteiger partial charge in [-0.05, 0) is 47.9 Å². The van der Waals surface area contributed by atoms with E-state index in [1.54, 1.807) is 4.90 Å². The molecule has 0 N–H and O–H groups in total. The number of nitrogens with zero attached hydrogens (tertiary/aromatic N) is 1. The van der Waals surface area contributed by atoms with E-state index in [1.165, 1.54) is 11.8 Å². The van der Waals surface area contributed by atoms with Crippen molar-refractivity contribution < 1.29 is 9.53 Å². The summed E-state index contributed by atoms with van der Waals surface area (Å²) in [4.78, 5) is 15.0. The van der Waals surface area contributed by atoms with Gasteiger partial charge in [-0.15, -0.1) is 0 Å². The normalized spacial score (nSPS) is 15.8. The fourth-order valence-electron chi connectivity index (χ4n) is 2.67. The average molecular weight is 497 g/mol. The van der Waals surface area contributed by atoms with Crippen LogP contribution in [-0.2, 0) is 11.4 Å². The highest BCUT2D eigenvalue weighted by Crippen LogP contribution is 2.35. The summed E-state index contributed by atoms with van der Waals surface area (Å²) in [6, 6.07) is 13.3. The molecule has 0 unspecified atom stereocenters. The molecule has 0 atom stereocenters. The number of thioether (sulfide) groups is 1. The van der Waals surface area contributed by atoms with Crippen molar-refractivity contribution in [1.29, 1.82) is 0 Å². The Bertz CT molecular complexity index is 929. The number of carbonyl (C=O) groups is 1. The Kier molecular flexibility index (Phi) is 7.20. The third-order valence-electron chi connectivity index (χ3n) is 3.99. The van der Waals surface area contributed by atoms with Crippen LogP contribution >= 0.6 is 51.5 Å². The maximum absolute atomic E-state index is 12.7. The van der Waals surface area contributed by atoms with Crippen LogP contribution in [0.25, 0.3) is 6.08 Å². The van der Waals surface area contributed by atoms with Gasteiger partial charge in [0, 0.05) is 21.6 Å². The number of thiocarbonyl (C=S) groups is 1. The van der Waals surface area contributed by atoms with E-state index in [9.17, 15) is 4.79 Å². The van der Waals surface area contributed by atoms with Gasteiger partial charge in [0.1, 0.15) is 16.7 Å². The molecule has 0 aliphatic carbocycles. The second kappa shape index (κ2) is 9.44. The predicted molar refractivity (Wildman–Crippen MR) is 125 cm³/mol. The van der Waals surface area contributed by atoms with Crippen LogP contribution < -0.4 is 4.74 Å². The van der Waals surface area contributed by atoms with Crippen LogP contribution in [0.1, 0.15) is 25.0 Å². The van der Waals surface area contributed by atoms with E-state index in [0.717, 1.165) is 15.6 Å². The molecule has 1 aliphatic heterocycles. The zero-order valence-electron chi connectivity index (χ0n) is 15.4. The van der Waals surface area contributed by atoms with Crippen LogP contribution in [0, 0.1) is 5.92 Å². The Balaban J connectivity index is 1.82. The minimum atomic E-state index is -0.0488. The highest BCUT2D eigenvalue weighted by Gasteiger charge is 2.32. The first kappa shape index (κ1) is 21.4. The van der Waals surface area contributed by atoms with Gasteiger partial charge in [-0.25, -0.2) is 0 Å². The molecule has 28 heavy (non-hydrogen) atoms. The van der Waals surface area contributed by atoms with E-state index < -0.39 is 0 Å². The molecule has 2 aromatic carbocycles. The van der Waals surface area contributed by atoms with Crippen molar-refractivity contribution in [2.24, 2.45) is 5.92 Å². The molecule has 0 radical (unpaired) electrons. The molecular weight excluding hydrogens is 478 g/mol. The molecule has 1 saturated heterocycles. The molecule has 0 aromatic heterocycles. The minimum Gasteiger partial charge on any atom is -0.488 e. The molecule has 0 bridgehead atoms. The molecule has 3 nitrogen and oxygen atoms in total. The number of halogens is 2. The summed E-state index contributed by atoms with van der Waals surface area (Å²) in [5, 5.41) is 0.691. The van der Waals surface area contributed by atoms with Gasteiger partial charge in [0.25, 0.3) is 5.91 Å². The maximum atomic E-state index is 12.7. The van der Waals surface area contributed by atoms with E-state index >= 15 is 0 Å². The SMILES string of the molecule is CC(C)CN1C(=O)/C(=C/c2cc(Br)ccc2OCc2ccc(Cl)cc2)SC1=S. The molecule has 146 valence electrons. The monoisotopic (exact) mass is 495 g/mol. The summed E-state index contributed by atoms with van der Waals surface area (Å²) in [7, 11) is 0. The Hall–Kier alpha value is -1.34. The summed E-state index contributed by atoms with van der Waals surface area (Å²) >= 11 is 16.1. The van der Waals surface area contributed by atoms with Crippen molar-refractivity contribution >= 4 is 67.8 Å². The lowest BCUT2D eigenvalue weighted by Gasteiger charge is -2.16. The van der Waals surface area contributed by atoms with Crippen LogP contribution in [0.15, 0.2) is 51.8 Å². The van der Waals surface area contributed by atoms with Gasteiger partial charge in [0.15, 0.2) is 0 Å². The summed E-state index contributed by atoms with van der Waals surface area (Å²) < 4.78 is 7.52. The number of hydrogen-bond donors (Lipinski definition) is 0. The molecule has 3 rings (SSSR count). The van der Waals surface area contributed by atoms with Crippen LogP contribution in [0.3, 0.4) is 0 Å². The highest BCUT2D eigenvalue weighted by molar-refractivity contribution is 9.10. The Morgan fingerprint density at radius 3 is 2.64 bits per heavy atom. The van der Waals surface area contributed by atoms with E-state index in [2.05, 4.69) is 29.8 Å². The van der Waals surface area contributed by atoms with Crippen molar-refractivity contribution in [3.8, 4) is 5.75 Å². The zero-order valence-corrected chi connectivity index (χ0v) is 19.4. The molecule has 1 fully saturated rings. The molecular formula is C21H19BrClNO2S2. The molecule has 1 amide bonds. The zero-order chi connectivity index (χ0) is 20.3. The smallest absolute Gasteiger partial charge is 0.266 e. The van der Waals surface area contributed by atoms with Gasteiger partial charge in [0.2, 0.25) is 0 Å².